The van der Waals surface area contributed by atoms with Gasteiger partial charge in [0.15, 0.2) is 11.5 Å². The minimum Gasteiger partial charge on any atom is -0.493 e. The lowest BCUT2D eigenvalue weighted by Gasteiger charge is -2.20. The fourth-order valence-corrected chi connectivity index (χ4v) is 4.19. The summed E-state index contributed by atoms with van der Waals surface area (Å²) in [5.41, 5.74) is 3.03. The van der Waals surface area contributed by atoms with Crippen LogP contribution in [0.1, 0.15) is 47.8 Å². The molecule has 4 rings (SSSR count). The molecule has 1 amide bonds. The van der Waals surface area contributed by atoms with Gasteiger partial charge in [-0.15, -0.1) is 0 Å². The normalized spacial score (nSPS) is 11.9. The molecule has 182 valence electrons. The first-order valence-corrected chi connectivity index (χ1v) is 11.8. The maximum atomic E-state index is 13.0. The molecule has 35 heavy (non-hydrogen) atoms. The maximum Gasteiger partial charge on any atom is 0.271 e. The van der Waals surface area contributed by atoms with E-state index in [-0.39, 0.29) is 23.1 Å². The van der Waals surface area contributed by atoms with Crippen molar-refractivity contribution in [3.63, 3.8) is 0 Å². The van der Waals surface area contributed by atoms with Crippen molar-refractivity contribution in [3.05, 3.63) is 88.0 Å². The van der Waals surface area contributed by atoms with Crippen molar-refractivity contribution >= 4 is 16.8 Å². The lowest BCUT2D eigenvalue weighted by Crippen LogP contribution is -2.32. The zero-order valence-electron chi connectivity index (χ0n) is 20.2. The molecule has 0 saturated carbocycles. The first-order chi connectivity index (χ1) is 17.0. The Hall–Kier alpha value is -4.07. The molecule has 4 aromatic rings. The fourth-order valence-electron chi connectivity index (χ4n) is 4.19. The largest absolute Gasteiger partial charge is 0.493 e. The molecular weight excluding hydrogens is 444 g/mol. The number of nitrogens with zero attached hydrogens (tertiary/aromatic N) is 2. The van der Waals surface area contributed by atoms with Gasteiger partial charge in [0.2, 0.25) is 0 Å². The predicted octanol–water partition coefficient (Wildman–Crippen LogP) is 4.10. The molecule has 0 bridgehead atoms. The number of benzene rings is 2. The van der Waals surface area contributed by atoms with Gasteiger partial charge in [0.25, 0.3) is 11.5 Å². The molecule has 0 spiro atoms. The summed E-state index contributed by atoms with van der Waals surface area (Å²) in [6.45, 7) is 5.20. The van der Waals surface area contributed by atoms with Gasteiger partial charge in [0.1, 0.15) is 5.69 Å². The number of aromatic amines is 1. The van der Waals surface area contributed by atoms with E-state index in [4.69, 9.17) is 9.47 Å². The molecule has 0 aliphatic heterocycles. The highest BCUT2D eigenvalue weighted by Crippen LogP contribution is 2.35. The third kappa shape index (κ3) is 5.21. The highest BCUT2D eigenvalue weighted by molar-refractivity contribution is 5.92. The predicted molar refractivity (Wildman–Crippen MR) is 135 cm³/mol. The Balaban J connectivity index is 1.67. The van der Waals surface area contributed by atoms with Gasteiger partial charge < -0.3 is 19.8 Å². The van der Waals surface area contributed by atoms with E-state index in [2.05, 4.69) is 21.5 Å². The van der Waals surface area contributed by atoms with Gasteiger partial charge in [-0.25, -0.2) is 4.68 Å². The number of fused-ring (bicyclic) bond motifs is 1. The van der Waals surface area contributed by atoms with Crippen molar-refractivity contribution in [3.8, 4) is 11.5 Å². The number of amides is 1. The number of hydrogen-bond donors (Lipinski definition) is 2. The van der Waals surface area contributed by atoms with E-state index in [1.165, 1.54) is 16.8 Å². The molecule has 2 aromatic carbocycles. The van der Waals surface area contributed by atoms with Gasteiger partial charge in [-0.05, 0) is 48.7 Å². The standard InChI is InChI=1S/C27H30N4O4/c1-4-14-31-26(32)13-11-23(30-31)27(33)29-16-20(21-17-28-22-9-7-6-8-19(21)22)18-10-12-24(35-5-2)25(15-18)34-3/h6-13,15,17,20,28H,4-5,14,16H2,1-3H3,(H,29,33). The van der Waals surface area contributed by atoms with Crippen LogP contribution in [-0.4, -0.2) is 40.9 Å². The molecule has 0 fully saturated rings. The third-order valence-corrected chi connectivity index (χ3v) is 5.89. The van der Waals surface area contributed by atoms with Gasteiger partial charge in [0, 0.05) is 42.2 Å². The number of methoxy groups -OCH3 is 1. The molecule has 8 heteroatoms. The summed E-state index contributed by atoms with van der Waals surface area (Å²) in [7, 11) is 1.61. The summed E-state index contributed by atoms with van der Waals surface area (Å²) in [4.78, 5) is 28.3. The number of nitrogens with one attached hydrogen (secondary N) is 2. The smallest absolute Gasteiger partial charge is 0.271 e. The van der Waals surface area contributed by atoms with Crippen LogP contribution in [0.4, 0.5) is 0 Å². The highest BCUT2D eigenvalue weighted by atomic mass is 16.5. The monoisotopic (exact) mass is 474 g/mol. The Bertz CT molecular complexity index is 1380. The number of ether oxygens (including phenoxy) is 2. The van der Waals surface area contributed by atoms with Crippen molar-refractivity contribution < 1.29 is 14.3 Å². The maximum absolute atomic E-state index is 13.0. The third-order valence-electron chi connectivity index (χ3n) is 5.89. The van der Waals surface area contributed by atoms with E-state index < -0.39 is 0 Å². The number of rotatable bonds is 10. The average molecular weight is 475 g/mol. The number of carbonyl (C=O) groups is 1. The lowest BCUT2D eigenvalue weighted by atomic mass is 9.90. The van der Waals surface area contributed by atoms with Crippen LogP contribution in [-0.2, 0) is 6.54 Å². The first kappa shape index (κ1) is 24.1. The Morgan fingerprint density at radius 3 is 2.71 bits per heavy atom. The van der Waals surface area contributed by atoms with E-state index in [9.17, 15) is 9.59 Å². The van der Waals surface area contributed by atoms with E-state index in [0.717, 1.165) is 28.5 Å². The molecule has 8 nitrogen and oxygen atoms in total. The van der Waals surface area contributed by atoms with Crippen LogP contribution >= 0.6 is 0 Å². The second-order valence-corrected chi connectivity index (χ2v) is 8.18. The number of para-hydroxylation sites is 1. The average Bonchev–Trinajstić information content (AvgIpc) is 3.30. The van der Waals surface area contributed by atoms with Crippen molar-refractivity contribution in [2.24, 2.45) is 0 Å². The van der Waals surface area contributed by atoms with Crippen LogP contribution in [0.5, 0.6) is 11.5 Å². The second kappa shape index (κ2) is 10.9. The van der Waals surface area contributed by atoms with Crippen LogP contribution in [0.2, 0.25) is 0 Å². The van der Waals surface area contributed by atoms with Crippen LogP contribution < -0.4 is 20.3 Å². The molecule has 0 aliphatic carbocycles. The lowest BCUT2D eigenvalue weighted by molar-refractivity contribution is 0.0945. The summed E-state index contributed by atoms with van der Waals surface area (Å²) < 4.78 is 12.6. The highest BCUT2D eigenvalue weighted by Gasteiger charge is 2.22. The summed E-state index contributed by atoms with van der Waals surface area (Å²) in [5.74, 6) is 0.801. The van der Waals surface area contributed by atoms with Gasteiger partial charge in [-0.3, -0.25) is 9.59 Å². The van der Waals surface area contributed by atoms with E-state index in [1.54, 1.807) is 7.11 Å². The van der Waals surface area contributed by atoms with Gasteiger partial charge in [-0.1, -0.05) is 31.2 Å². The molecule has 1 atom stereocenters. The molecule has 1 unspecified atom stereocenters. The molecule has 2 aromatic heterocycles. The first-order valence-electron chi connectivity index (χ1n) is 11.8. The summed E-state index contributed by atoms with van der Waals surface area (Å²) >= 11 is 0. The number of H-pyrrole nitrogens is 1. The Morgan fingerprint density at radius 1 is 1.11 bits per heavy atom. The van der Waals surface area contributed by atoms with Crippen molar-refractivity contribution in [1.29, 1.82) is 0 Å². The zero-order valence-corrected chi connectivity index (χ0v) is 20.2. The van der Waals surface area contributed by atoms with Gasteiger partial charge >= 0.3 is 0 Å². The van der Waals surface area contributed by atoms with Crippen LogP contribution in [0.15, 0.2) is 65.6 Å². The quantitative estimate of drug-likeness (QED) is 0.361. The number of hydrogen-bond acceptors (Lipinski definition) is 5. The van der Waals surface area contributed by atoms with E-state index >= 15 is 0 Å². The van der Waals surface area contributed by atoms with Crippen molar-refractivity contribution in [2.45, 2.75) is 32.7 Å². The molecule has 0 radical (unpaired) electrons. The molecule has 2 heterocycles. The molecule has 0 aliphatic rings. The number of aromatic nitrogens is 3. The van der Waals surface area contributed by atoms with Crippen LogP contribution in [0.25, 0.3) is 10.9 Å². The van der Waals surface area contributed by atoms with Crippen LogP contribution in [0, 0.1) is 0 Å². The van der Waals surface area contributed by atoms with E-state index in [0.29, 0.717) is 31.2 Å². The van der Waals surface area contributed by atoms with Crippen LogP contribution in [0.3, 0.4) is 0 Å². The minimum absolute atomic E-state index is 0.166. The van der Waals surface area contributed by atoms with Gasteiger partial charge in [-0.2, -0.15) is 5.10 Å². The zero-order chi connectivity index (χ0) is 24.8. The number of aryl methyl sites for hydroxylation is 1. The van der Waals surface area contributed by atoms with Crippen molar-refractivity contribution in [1.82, 2.24) is 20.1 Å². The SMILES string of the molecule is CCCn1nc(C(=O)NCC(c2ccc(OCC)c(OC)c2)c2c[nH]c3ccccc23)ccc1=O. The van der Waals surface area contributed by atoms with Gasteiger partial charge in [0.05, 0.1) is 13.7 Å². The van der Waals surface area contributed by atoms with E-state index in [1.807, 2.05) is 56.4 Å². The Labute approximate surface area is 203 Å². The summed E-state index contributed by atoms with van der Waals surface area (Å²) in [6.07, 6.45) is 2.73. The van der Waals surface area contributed by atoms with Crippen molar-refractivity contribution in [2.75, 3.05) is 20.3 Å². The number of carbonyl (C=O) groups excluding carboxylic acids is 1. The summed E-state index contributed by atoms with van der Waals surface area (Å²) in [6, 6.07) is 16.7. The minimum atomic E-state index is -0.336. The second-order valence-electron chi connectivity index (χ2n) is 8.18. The Morgan fingerprint density at radius 2 is 1.94 bits per heavy atom. The molecular formula is C27H30N4O4. The fraction of sp³-hybridized carbons (Fsp3) is 0.296. The topological polar surface area (TPSA) is 98.2 Å². The molecule has 2 N–H and O–H groups in total. The Kier molecular flexibility index (Phi) is 7.50. The molecule has 0 saturated heterocycles. The summed E-state index contributed by atoms with van der Waals surface area (Å²) in [5, 5.41) is 8.33.